The second-order valence-corrected chi connectivity index (χ2v) is 3.51. The van der Waals surface area contributed by atoms with Crippen LogP contribution in [-0.4, -0.2) is 6.54 Å². The van der Waals surface area contributed by atoms with Crippen molar-refractivity contribution in [2.45, 2.75) is 19.6 Å². The van der Waals surface area contributed by atoms with Crippen molar-refractivity contribution in [3.8, 4) is 12.3 Å². The lowest BCUT2D eigenvalue weighted by atomic mass is 10.1. The Hall–Kier alpha value is -1.30. The maximum absolute atomic E-state index is 5.16. The number of rotatable bonds is 3. The lowest BCUT2D eigenvalue weighted by Crippen LogP contribution is -2.13. The molecule has 2 rings (SSSR count). The van der Waals surface area contributed by atoms with Crippen molar-refractivity contribution in [3.63, 3.8) is 0 Å². The summed E-state index contributed by atoms with van der Waals surface area (Å²) in [7, 11) is 0. The Kier molecular flexibility index (Phi) is 2.83. The van der Waals surface area contributed by atoms with Gasteiger partial charge >= 0.3 is 0 Å². The quantitative estimate of drug-likeness (QED) is 0.544. The Morgan fingerprint density at radius 1 is 1.36 bits per heavy atom. The van der Waals surface area contributed by atoms with E-state index in [0.29, 0.717) is 6.54 Å². The normalized spacial score (nSPS) is 13.6. The molecule has 72 valence electrons. The van der Waals surface area contributed by atoms with Gasteiger partial charge < -0.3 is 10.6 Å². The van der Waals surface area contributed by atoms with Crippen molar-refractivity contribution in [1.82, 2.24) is 10.6 Å². The van der Waals surface area contributed by atoms with Crippen LogP contribution in [0.15, 0.2) is 18.2 Å². The van der Waals surface area contributed by atoms with E-state index in [2.05, 4.69) is 34.8 Å². The summed E-state index contributed by atoms with van der Waals surface area (Å²) in [5, 5.41) is 6.52. The topological polar surface area (TPSA) is 24.1 Å². The first-order valence-corrected chi connectivity index (χ1v) is 4.86. The van der Waals surface area contributed by atoms with Crippen molar-refractivity contribution in [3.05, 3.63) is 34.9 Å². The van der Waals surface area contributed by atoms with Gasteiger partial charge in [0, 0.05) is 19.6 Å². The van der Waals surface area contributed by atoms with Gasteiger partial charge in [-0.2, -0.15) is 0 Å². The van der Waals surface area contributed by atoms with Gasteiger partial charge in [0.15, 0.2) is 0 Å². The second-order valence-electron chi connectivity index (χ2n) is 3.51. The molecule has 1 aliphatic rings. The Morgan fingerprint density at radius 3 is 3.07 bits per heavy atom. The maximum atomic E-state index is 5.16. The molecule has 0 fully saturated rings. The van der Waals surface area contributed by atoms with E-state index in [-0.39, 0.29) is 0 Å². The Balaban J connectivity index is 2.02. The largest absolute Gasteiger partial charge is 0.309 e. The average Bonchev–Trinajstić information content (AvgIpc) is 2.65. The summed E-state index contributed by atoms with van der Waals surface area (Å²) in [4.78, 5) is 0. The first-order valence-electron chi connectivity index (χ1n) is 4.86. The molecule has 0 aromatic heterocycles. The van der Waals surface area contributed by atoms with Crippen molar-refractivity contribution in [2.75, 3.05) is 6.54 Å². The number of hydrogen-bond donors (Lipinski definition) is 2. The van der Waals surface area contributed by atoms with Gasteiger partial charge in [-0.1, -0.05) is 24.1 Å². The molecule has 0 aliphatic carbocycles. The van der Waals surface area contributed by atoms with Gasteiger partial charge in [-0.3, -0.25) is 0 Å². The third-order valence-corrected chi connectivity index (χ3v) is 2.46. The van der Waals surface area contributed by atoms with Gasteiger partial charge in [0.2, 0.25) is 0 Å². The molecule has 1 aliphatic heterocycles. The van der Waals surface area contributed by atoms with E-state index in [9.17, 15) is 0 Å². The van der Waals surface area contributed by atoms with Gasteiger partial charge in [-0.15, -0.1) is 6.42 Å². The second kappa shape index (κ2) is 4.28. The number of benzene rings is 1. The fourth-order valence-corrected chi connectivity index (χ4v) is 1.74. The molecule has 0 radical (unpaired) electrons. The van der Waals surface area contributed by atoms with Gasteiger partial charge in [0.05, 0.1) is 6.54 Å². The summed E-state index contributed by atoms with van der Waals surface area (Å²) in [6, 6.07) is 6.61. The van der Waals surface area contributed by atoms with E-state index in [1.54, 1.807) is 0 Å². The Labute approximate surface area is 84.7 Å². The fourth-order valence-electron chi connectivity index (χ4n) is 1.74. The van der Waals surface area contributed by atoms with E-state index < -0.39 is 0 Å². The van der Waals surface area contributed by atoms with Gasteiger partial charge in [0.25, 0.3) is 0 Å². The first kappa shape index (κ1) is 9.26. The summed E-state index contributed by atoms with van der Waals surface area (Å²) in [5.41, 5.74) is 4.15. The van der Waals surface area contributed by atoms with Crippen LogP contribution in [0.1, 0.15) is 16.7 Å². The average molecular weight is 186 g/mol. The molecule has 1 aromatic rings. The van der Waals surface area contributed by atoms with Crippen molar-refractivity contribution >= 4 is 0 Å². The van der Waals surface area contributed by atoms with Crippen LogP contribution in [0.2, 0.25) is 0 Å². The van der Waals surface area contributed by atoms with Crippen LogP contribution >= 0.6 is 0 Å². The predicted molar refractivity (Wildman–Crippen MR) is 57.5 cm³/mol. The summed E-state index contributed by atoms with van der Waals surface area (Å²) in [5.74, 6) is 2.57. The zero-order valence-corrected chi connectivity index (χ0v) is 8.14. The third-order valence-electron chi connectivity index (χ3n) is 2.46. The van der Waals surface area contributed by atoms with Crippen LogP contribution in [0.5, 0.6) is 0 Å². The zero-order valence-electron chi connectivity index (χ0n) is 8.14. The highest BCUT2D eigenvalue weighted by Crippen LogP contribution is 2.16. The smallest absolute Gasteiger partial charge is 0.0576 e. The number of hydrogen-bond acceptors (Lipinski definition) is 2. The summed E-state index contributed by atoms with van der Waals surface area (Å²) in [6.45, 7) is 3.50. The Bertz CT molecular complexity index is 363. The van der Waals surface area contributed by atoms with Gasteiger partial charge in [0.1, 0.15) is 0 Å². The number of terminal acetylenes is 1. The summed E-state index contributed by atoms with van der Waals surface area (Å²) < 4.78 is 0. The highest BCUT2D eigenvalue weighted by atomic mass is 14.9. The third kappa shape index (κ3) is 1.95. The summed E-state index contributed by atoms with van der Waals surface area (Å²) in [6.07, 6.45) is 5.16. The fraction of sp³-hybridized carbons (Fsp3) is 0.333. The van der Waals surface area contributed by atoms with E-state index in [0.717, 1.165) is 19.6 Å². The molecule has 0 saturated carbocycles. The molecule has 2 nitrogen and oxygen atoms in total. The summed E-state index contributed by atoms with van der Waals surface area (Å²) >= 11 is 0. The minimum atomic E-state index is 0.634. The molecule has 0 saturated heterocycles. The predicted octanol–water partition coefficient (Wildman–Crippen LogP) is 1.01. The van der Waals surface area contributed by atoms with Crippen molar-refractivity contribution in [2.24, 2.45) is 0 Å². The van der Waals surface area contributed by atoms with Crippen LogP contribution < -0.4 is 10.6 Å². The molecule has 0 spiro atoms. The van der Waals surface area contributed by atoms with E-state index in [1.165, 1.54) is 16.7 Å². The molecule has 1 heterocycles. The van der Waals surface area contributed by atoms with Crippen LogP contribution in [0.4, 0.5) is 0 Å². The molecule has 0 atom stereocenters. The standard InChI is InChI=1S/C12H14N2/c1-2-5-13-7-10-3-4-11-8-14-9-12(11)6-10/h1,3-4,6,13-14H,5,7-9H2. The molecule has 2 heteroatoms. The molecule has 2 N–H and O–H groups in total. The van der Waals surface area contributed by atoms with Crippen LogP contribution in [0.25, 0.3) is 0 Å². The van der Waals surface area contributed by atoms with Gasteiger partial charge in [-0.25, -0.2) is 0 Å². The molecular weight excluding hydrogens is 172 g/mol. The molecule has 1 aromatic carbocycles. The Morgan fingerprint density at radius 2 is 2.21 bits per heavy atom. The monoisotopic (exact) mass is 186 g/mol. The lowest BCUT2D eigenvalue weighted by molar-refractivity contribution is 0.760. The van der Waals surface area contributed by atoms with Crippen LogP contribution in [0.3, 0.4) is 0 Å². The molecular formula is C12H14N2. The van der Waals surface area contributed by atoms with E-state index in [4.69, 9.17) is 6.42 Å². The van der Waals surface area contributed by atoms with Crippen molar-refractivity contribution in [1.29, 1.82) is 0 Å². The highest BCUT2D eigenvalue weighted by Gasteiger charge is 2.09. The van der Waals surface area contributed by atoms with Crippen molar-refractivity contribution < 1.29 is 0 Å². The van der Waals surface area contributed by atoms with Crippen LogP contribution in [0, 0.1) is 12.3 Å². The minimum Gasteiger partial charge on any atom is -0.309 e. The molecule has 0 unspecified atom stereocenters. The number of fused-ring (bicyclic) bond motifs is 1. The first-order chi connectivity index (χ1) is 6.90. The maximum Gasteiger partial charge on any atom is 0.0576 e. The minimum absolute atomic E-state index is 0.634. The van der Waals surface area contributed by atoms with E-state index >= 15 is 0 Å². The zero-order chi connectivity index (χ0) is 9.80. The lowest BCUT2D eigenvalue weighted by Gasteiger charge is -2.04. The van der Waals surface area contributed by atoms with E-state index in [1.807, 2.05) is 0 Å². The molecule has 14 heavy (non-hydrogen) atoms. The van der Waals surface area contributed by atoms with Crippen LogP contribution in [-0.2, 0) is 19.6 Å². The number of nitrogens with one attached hydrogen (secondary N) is 2. The SMILES string of the molecule is C#CCNCc1ccc2c(c1)CNC2. The molecule has 0 bridgehead atoms. The molecule has 0 amide bonds. The van der Waals surface area contributed by atoms with Gasteiger partial charge in [-0.05, 0) is 16.7 Å². The highest BCUT2D eigenvalue weighted by molar-refractivity contribution is 5.34.